The van der Waals surface area contributed by atoms with E-state index in [2.05, 4.69) is 15.3 Å². The van der Waals surface area contributed by atoms with Crippen LogP contribution >= 0.6 is 0 Å². The van der Waals surface area contributed by atoms with Gasteiger partial charge in [-0.15, -0.1) is 0 Å². The summed E-state index contributed by atoms with van der Waals surface area (Å²) >= 11 is 0. The average Bonchev–Trinajstić information content (AvgIpc) is 2.57. The van der Waals surface area contributed by atoms with Gasteiger partial charge in [-0.3, -0.25) is 4.79 Å². The van der Waals surface area contributed by atoms with Gasteiger partial charge in [-0.05, 0) is 30.5 Å². The van der Waals surface area contributed by atoms with E-state index in [-0.39, 0.29) is 17.7 Å². The lowest BCUT2D eigenvalue weighted by atomic mass is 10.0. The third-order valence-corrected chi connectivity index (χ3v) is 3.56. The summed E-state index contributed by atoms with van der Waals surface area (Å²) in [4.78, 5) is 19.3. The quantitative estimate of drug-likeness (QED) is 0.828. The Hall–Kier alpha value is -2.50. The predicted molar refractivity (Wildman–Crippen MR) is 86.0 cm³/mol. The minimum absolute atomic E-state index is 0.160. The van der Waals surface area contributed by atoms with Crippen LogP contribution in [0.4, 0.5) is 15.9 Å². The Bertz CT molecular complexity index is 674. The summed E-state index contributed by atoms with van der Waals surface area (Å²) in [5.74, 6) is -0.710. The highest BCUT2D eigenvalue weighted by Gasteiger charge is 2.14. The molecule has 2 rings (SSSR count). The molecule has 0 fully saturated rings. The average molecular weight is 317 g/mol. The molecule has 6 heteroatoms. The number of aryl methyl sites for hydroxylation is 1. The zero-order valence-electron chi connectivity index (χ0n) is 13.5. The van der Waals surface area contributed by atoms with Gasteiger partial charge in [0, 0.05) is 5.69 Å². The van der Waals surface area contributed by atoms with Gasteiger partial charge in [0.15, 0.2) is 11.6 Å². The van der Waals surface area contributed by atoms with Crippen molar-refractivity contribution in [2.24, 2.45) is 5.92 Å². The van der Waals surface area contributed by atoms with Crippen molar-refractivity contribution in [3.05, 3.63) is 47.7 Å². The lowest BCUT2D eigenvalue weighted by Crippen LogP contribution is -2.15. The fourth-order valence-electron chi connectivity index (χ4n) is 2.24. The molecule has 0 bridgehead atoms. The number of esters is 1. The first-order valence-corrected chi connectivity index (χ1v) is 7.48. The zero-order valence-corrected chi connectivity index (χ0v) is 13.5. The number of carbonyl (C=O) groups is 1. The van der Waals surface area contributed by atoms with Crippen LogP contribution in [0.25, 0.3) is 0 Å². The van der Waals surface area contributed by atoms with Gasteiger partial charge >= 0.3 is 5.97 Å². The second-order valence-corrected chi connectivity index (χ2v) is 5.29. The fourth-order valence-corrected chi connectivity index (χ4v) is 2.24. The molecule has 1 heterocycles. The van der Waals surface area contributed by atoms with Crippen LogP contribution in [0.2, 0.25) is 0 Å². The van der Waals surface area contributed by atoms with E-state index in [1.54, 1.807) is 0 Å². The molecule has 0 saturated carbocycles. The Morgan fingerprint density at radius 1 is 1.30 bits per heavy atom. The molecule has 1 N–H and O–H groups in total. The van der Waals surface area contributed by atoms with Gasteiger partial charge in [-0.2, -0.15) is 0 Å². The minimum atomic E-state index is -0.432. The molecule has 0 spiro atoms. The van der Waals surface area contributed by atoms with E-state index >= 15 is 0 Å². The van der Waals surface area contributed by atoms with Crippen molar-refractivity contribution in [2.45, 2.75) is 26.7 Å². The van der Waals surface area contributed by atoms with E-state index in [0.717, 1.165) is 11.3 Å². The first-order valence-electron chi connectivity index (χ1n) is 7.48. The maximum Gasteiger partial charge on any atom is 0.308 e. The second-order valence-electron chi connectivity index (χ2n) is 5.29. The maximum absolute atomic E-state index is 14.1. The second kappa shape index (κ2) is 7.67. The highest BCUT2D eigenvalue weighted by molar-refractivity contribution is 5.72. The van der Waals surface area contributed by atoms with Crippen molar-refractivity contribution in [1.82, 2.24) is 9.97 Å². The third kappa shape index (κ3) is 4.25. The van der Waals surface area contributed by atoms with Crippen LogP contribution in [0.5, 0.6) is 0 Å². The number of nitrogens with zero attached hydrogens (tertiary/aromatic N) is 2. The summed E-state index contributed by atoms with van der Waals surface area (Å²) in [5, 5.41) is 2.94. The number of aromatic nitrogens is 2. The van der Waals surface area contributed by atoms with Crippen LogP contribution < -0.4 is 5.32 Å². The standard InChI is InChI=1S/C17H20FN3O2/c1-4-14-15(18)16(20-10-19-14)21-13-7-5-12(6-8-13)9-11(2)17(22)23-3/h5-8,10-11H,4,9H2,1-3H3,(H,19,20,21). The molecule has 1 atom stereocenters. The Labute approximate surface area is 134 Å². The molecule has 1 aromatic heterocycles. The lowest BCUT2D eigenvalue weighted by Gasteiger charge is -2.11. The van der Waals surface area contributed by atoms with Gasteiger partial charge in [0.25, 0.3) is 0 Å². The molecule has 0 aliphatic heterocycles. The summed E-state index contributed by atoms with van der Waals surface area (Å²) in [5.41, 5.74) is 2.11. The highest BCUT2D eigenvalue weighted by atomic mass is 19.1. The number of methoxy groups -OCH3 is 1. The van der Waals surface area contributed by atoms with Gasteiger partial charge in [0.05, 0.1) is 18.7 Å². The van der Waals surface area contributed by atoms with Crippen molar-refractivity contribution in [2.75, 3.05) is 12.4 Å². The van der Waals surface area contributed by atoms with Crippen LogP contribution in [0.3, 0.4) is 0 Å². The molecule has 0 amide bonds. The molecular weight excluding hydrogens is 297 g/mol. The Morgan fingerprint density at radius 3 is 2.61 bits per heavy atom. The van der Waals surface area contributed by atoms with E-state index in [1.165, 1.54) is 13.4 Å². The number of benzene rings is 1. The van der Waals surface area contributed by atoms with E-state index in [4.69, 9.17) is 4.74 Å². The van der Waals surface area contributed by atoms with Crippen LogP contribution in [0, 0.1) is 11.7 Å². The molecular formula is C17H20FN3O2. The summed E-state index contributed by atoms with van der Waals surface area (Å²) in [6.07, 6.45) is 2.44. The van der Waals surface area contributed by atoms with Gasteiger partial charge in [-0.1, -0.05) is 26.0 Å². The summed E-state index contributed by atoms with van der Waals surface area (Å²) in [6.45, 7) is 3.66. The number of nitrogens with one attached hydrogen (secondary N) is 1. The first kappa shape index (κ1) is 16.9. The maximum atomic E-state index is 14.1. The number of anilines is 2. The number of ether oxygens (including phenoxy) is 1. The molecule has 1 unspecified atom stereocenters. The normalized spacial score (nSPS) is 11.8. The monoisotopic (exact) mass is 317 g/mol. The topological polar surface area (TPSA) is 64.1 Å². The van der Waals surface area contributed by atoms with E-state index in [1.807, 2.05) is 38.1 Å². The Balaban J connectivity index is 2.07. The van der Waals surface area contributed by atoms with Crippen molar-refractivity contribution in [3.8, 4) is 0 Å². The summed E-state index contributed by atoms with van der Waals surface area (Å²) in [6, 6.07) is 7.43. The van der Waals surface area contributed by atoms with Crippen LogP contribution in [-0.2, 0) is 22.4 Å². The first-order chi connectivity index (χ1) is 11.0. The molecule has 122 valence electrons. The van der Waals surface area contributed by atoms with Crippen molar-refractivity contribution in [3.63, 3.8) is 0 Å². The molecule has 23 heavy (non-hydrogen) atoms. The van der Waals surface area contributed by atoms with E-state index in [0.29, 0.717) is 18.5 Å². The van der Waals surface area contributed by atoms with Crippen molar-refractivity contribution in [1.29, 1.82) is 0 Å². The fraction of sp³-hybridized carbons (Fsp3) is 0.353. The molecule has 0 radical (unpaired) electrons. The number of hydrogen-bond donors (Lipinski definition) is 1. The molecule has 5 nitrogen and oxygen atoms in total. The zero-order chi connectivity index (χ0) is 16.8. The SMILES string of the molecule is CCc1ncnc(Nc2ccc(CC(C)C(=O)OC)cc2)c1F. The van der Waals surface area contributed by atoms with Gasteiger partial charge in [0.2, 0.25) is 0 Å². The molecule has 0 aliphatic rings. The lowest BCUT2D eigenvalue weighted by molar-refractivity contribution is -0.144. The van der Waals surface area contributed by atoms with Crippen molar-refractivity contribution >= 4 is 17.5 Å². The van der Waals surface area contributed by atoms with Crippen LogP contribution in [0.15, 0.2) is 30.6 Å². The number of hydrogen-bond acceptors (Lipinski definition) is 5. The third-order valence-electron chi connectivity index (χ3n) is 3.56. The van der Waals surface area contributed by atoms with Crippen LogP contribution in [0.1, 0.15) is 25.1 Å². The molecule has 0 saturated heterocycles. The summed E-state index contributed by atoms with van der Waals surface area (Å²) in [7, 11) is 1.38. The smallest absolute Gasteiger partial charge is 0.308 e. The van der Waals surface area contributed by atoms with Gasteiger partial charge < -0.3 is 10.1 Å². The van der Waals surface area contributed by atoms with E-state index < -0.39 is 5.82 Å². The number of carbonyl (C=O) groups excluding carboxylic acids is 1. The molecule has 2 aromatic rings. The Morgan fingerprint density at radius 2 is 2.00 bits per heavy atom. The van der Waals surface area contributed by atoms with E-state index in [9.17, 15) is 9.18 Å². The highest BCUT2D eigenvalue weighted by Crippen LogP contribution is 2.20. The Kier molecular flexibility index (Phi) is 5.62. The van der Waals surface area contributed by atoms with Crippen molar-refractivity contribution < 1.29 is 13.9 Å². The molecule has 0 aliphatic carbocycles. The predicted octanol–water partition coefficient (Wildman–Crippen LogP) is 3.27. The number of rotatable bonds is 6. The minimum Gasteiger partial charge on any atom is -0.469 e. The largest absolute Gasteiger partial charge is 0.469 e. The van der Waals surface area contributed by atoms with Gasteiger partial charge in [-0.25, -0.2) is 14.4 Å². The van der Waals surface area contributed by atoms with Crippen LogP contribution in [-0.4, -0.2) is 23.0 Å². The van der Waals surface area contributed by atoms with Gasteiger partial charge in [0.1, 0.15) is 6.33 Å². The molecule has 1 aromatic carbocycles. The summed E-state index contributed by atoms with van der Waals surface area (Å²) < 4.78 is 18.8. The number of halogens is 1.